The van der Waals surface area contributed by atoms with Gasteiger partial charge in [0, 0.05) is 38.1 Å². The Kier molecular flexibility index (Phi) is 4.48. The lowest BCUT2D eigenvalue weighted by atomic mass is 10.3. The zero-order valence-corrected chi connectivity index (χ0v) is 10.8. The first kappa shape index (κ1) is 13.8. The number of carbonyl (C=O) groups excluding carboxylic acids is 1. The monoisotopic (exact) mass is 277 g/mol. The smallest absolute Gasteiger partial charge is 0.338 e. The van der Waals surface area contributed by atoms with Crippen LogP contribution < -0.4 is 5.32 Å². The minimum atomic E-state index is -1.03. The number of carboxylic acids is 1. The molecule has 0 aliphatic heterocycles. The van der Waals surface area contributed by atoms with Gasteiger partial charge < -0.3 is 10.4 Å². The molecule has 2 aromatic rings. The summed E-state index contributed by atoms with van der Waals surface area (Å²) in [5, 5.41) is 19.4. The second kappa shape index (κ2) is 6.50. The van der Waals surface area contributed by atoms with Crippen molar-refractivity contribution in [2.75, 3.05) is 6.54 Å². The normalized spacial score (nSPS) is 10.4. The number of nitrogens with one attached hydrogen (secondary N) is 1. The Morgan fingerprint density at radius 2 is 2.10 bits per heavy atom. The Morgan fingerprint density at radius 1 is 1.25 bits per heavy atom. The van der Waals surface area contributed by atoms with E-state index in [0.717, 1.165) is 0 Å². The van der Waals surface area contributed by atoms with Gasteiger partial charge in [-0.05, 0) is 6.07 Å². The van der Waals surface area contributed by atoms with Crippen molar-refractivity contribution >= 4 is 11.9 Å². The fourth-order valence-electron chi connectivity index (χ4n) is 1.64. The van der Waals surface area contributed by atoms with Crippen molar-refractivity contribution in [3.63, 3.8) is 0 Å². The van der Waals surface area contributed by atoms with Crippen LogP contribution in [0.2, 0.25) is 0 Å². The zero-order chi connectivity index (χ0) is 14.4. The first-order chi connectivity index (χ1) is 9.65. The fraction of sp³-hybridized carbons (Fsp3) is 0.333. The van der Waals surface area contributed by atoms with Crippen LogP contribution in [-0.2, 0) is 17.9 Å². The minimum Gasteiger partial charge on any atom is -0.478 e. The summed E-state index contributed by atoms with van der Waals surface area (Å²) in [7, 11) is 0. The number of aromatic carboxylic acids is 1. The Morgan fingerprint density at radius 3 is 2.75 bits per heavy atom. The van der Waals surface area contributed by atoms with Crippen LogP contribution in [0.1, 0.15) is 16.8 Å². The summed E-state index contributed by atoms with van der Waals surface area (Å²) < 4.78 is 3.17. The van der Waals surface area contributed by atoms with Crippen LogP contribution in [0.3, 0.4) is 0 Å². The number of amides is 1. The number of carbonyl (C=O) groups is 2. The largest absolute Gasteiger partial charge is 0.478 e. The van der Waals surface area contributed by atoms with Crippen LogP contribution >= 0.6 is 0 Å². The maximum atomic E-state index is 11.6. The first-order valence-electron chi connectivity index (χ1n) is 6.15. The fourth-order valence-corrected chi connectivity index (χ4v) is 1.64. The van der Waals surface area contributed by atoms with Crippen molar-refractivity contribution in [3.8, 4) is 0 Å². The Hall–Kier alpha value is -2.64. The van der Waals surface area contributed by atoms with Gasteiger partial charge in [0.25, 0.3) is 0 Å². The molecule has 2 N–H and O–H groups in total. The SMILES string of the molecule is O=C(CCn1cc(C(=O)O)cn1)NCCn1cccn1. The molecule has 8 nitrogen and oxygen atoms in total. The summed E-state index contributed by atoms with van der Waals surface area (Å²) in [5.74, 6) is -1.13. The van der Waals surface area contributed by atoms with Crippen LogP contribution in [0.25, 0.3) is 0 Å². The predicted octanol–water partition coefficient (Wildman–Crippen LogP) is -0.0157. The molecule has 1 amide bonds. The van der Waals surface area contributed by atoms with E-state index in [9.17, 15) is 9.59 Å². The molecule has 2 heterocycles. The minimum absolute atomic E-state index is 0.107. The Balaban J connectivity index is 1.67. The number of hydrogen-bond acceptors (Lipinski definition) is 4. The topological polar surface area (TPSA) is 102 Å². The summed E-state index contributed by atoms with van der Waals surface area (Å²) >= 11 is 0. The molecule has 20 heavy (non-hydrogen) atoms. The molecule has 0 fully saturated rings. The van der Waals surface area contributed by atoms with E-state index < -0.39 is 5.97 Å². The number of hydrogen-bond donors (Lipinski definition) is 2. The molecule has 0 spiro atoms. The summed E-state index contributed by atoms with van der Waals surface area (Å²) in [6.07, 6.45) is 6.42. The van der Waals surface area contributed by atoms with Crippen LogP contribution in [0.5, 0.6) is 0 Å². The lowest BCUT2D eigenvalue weighted by molar-refractivity contribution is -0.121. The molecular formula is C12H15N5O3. The predicted molar refractivity (Wildman–Crippen MR) is 69.0 cm³/mol. The van der Waals surface area contributed by atoms with Gasteiger partial charge in [-0.2, -0.15) is 10.2 Å². The molecule has 106 valence electrons. The number of carboxylic acid groups (broad SMARTS) is 1. The van der Waals surface area contributed by atoms with Crippen molar-refractivity contribution in [3.05, 3.63) is 36.4 Å². The van der Waals surface area contributed by atoms with E-state index in [1.54, 1.807) is 10.9 Å². The Labute approximate surface area is 115 Å². The Bertz CT molecular complexity index is 576. The first-order valence-corrected chi connectivity index (χ1v) is 6.15. The van der Waals surface area contributed by atoms with E-state index in [1.807, 2.05) is 12.3 Å². The molecule has 8 heteroatoms. The molecule has 0 saturated carbocycles. The maximum Gasteiger partial charge on any atom is 0.338 e. The molecule has 0 aromatic carbocycles. The van der Waals surface area contributed by atoms with Crippen LogP contribution in [0.15, 0.2) is 30.9 Å². The van der Waals surface area contributed by atoms with Crippen LogP contribution in [0, 0.1) is 0 Å². The van der Waals surface area contributed by atoms with E-state index >= 15 is 0 Å². The summed E-state index contributed by atoms with van der Waals surface area (Å²) in [6, 6.07) is 1.82. The van der Waals surface area contributed by atoms with E-state index in [0.29, 0.717) is 19.6 Å². The van der Waals surface area contributed by atoms with Gasteiger partial charge in [-0.15, -0.1) is 0 Å². The summed E-state index contributed by atoms with van der Waals surface area (Å²) in [4.78, 5) is 22.3. The lowest BCUT2D eigenvalue weighted by Gasteiger charge is -2.05. The number of nitrogens with zero attached hydrogens (tertiary/aromatic N) is 4. The van der Waals surface area contributed by atoms with Crippen molar-refractivity contribution in [2.45, 2.75) is 19.5 Å². The van der Waals surface area contributed by atoms with Crippen molar-refractivity contribution < 1.29 is 14.7 Å². The highest BCUT2D eigenvalue weighted by atomic mass is 16.4. The molecule has 0 atom stereocenters. The number of aromatic nitrogens is 4. The van der Waals surface area contributed by atoms with Gasteiger partial charge in [0.2, 0.25) is 5.91 Å². The van der Waals surface area contributed by atoms with Gasteiger partial charge in [0.05, 0.1) is 18.3 Å². The van der Waals surface area contributed by atoms with E-state index in [1.165, 1.54) is 17.1 Å². The molecule has 2 rings (SSSR count). The molecule has 0 unspecified atom stereocenters. The van der Waals surface area contributed by atoms with Crippen molar-refractivity contribution in [1.82, 2.24) is 24.9 Å². The van der Waals surface area contributed by atoms with Crippen molar-refractivity contribution in [2.24, 2.45) is 0 Å². The van der Waals surface area contributed by atoms with Gasteiger partial charge in [0.15, 0.2) is 0 Å². The molecule has 0 bridgehead atoms. The summed E-state index contributed by atoms with van der Waals surface area (Å²) in [5.41, 5.74) is 0.115. The maximum absolute atomic E-state index is 11.6. The molecule has 0 radical (unpaired) electrons. The third-order valence-electron chi connectivity index (χ3n) is 2.67. The number of aryl methyl sites for hydroxylation is 1. The van der Waals surface area contributed by atoms with Gasteiger partial charge in [-0.25, -0.2) is 4.79 Å². The molecule has 2 aromatic heterocycles. The third-order valence-corrected chi connectivity index (χ3v) is 2.67. The van der Waals surface area contributed by atoms with Crippen molar-refractivity contribution in [1.29, 1.82) is 0 Å². The van der Waals surface area contributed by atoms with Gasteiger partial charge >= 0.3 is 5.97 Å². The van der Waals surface area contributed by atoms with Gasteiger partial charge in [0.1, 0.15) is 0 Å². The average Bonchev–Trinajstić information content (AvgIpc) is 3.07. The second-order valence-corrected chi connectivity index (χ2v) is 4.17. The van der Waals surface area contributed by atoms with Gasteiger partial charge in [-0.1, -0.05) is 0 Å². The van der Waals surface area contributed by atoms with E-state index in [2.05, 4.69) is 15.5 Å². The molecular weight excluding hydrogens is 262 g/mol. The highest BCUT2D eigenvalue weighted by molar-refractivity contribution is 5.86. The van der Waals surface area contributed by atoms with Crippen LogP contribution in [0.4, 0.5) is 0 Å². The quantitative estimate of drug-likeness (QED) is 0.740. The highest BCUT2D eigenvalue weighted by Crippen LogP contribution is 1.98. The molecule has 0 saturated heterocycles. The van der Waals surface area contributed by atoms with E-state index in [-0.39, 0.29) is 17.9 Å². The molecule has 0 aliphatic carbocycles. The highest BCUT2D eigenvalue weighted by Gasteiger charge is 2.07. The standard InChI is InChI=1S/C12H15N5O3/c18-11(13-4-7-16-5-1-3-14-16)2-6-17-9-10(8-15-17)12(19)20/h1,3,5,8-9H,2,4,6-7H2,(H,13,18)(H,19,20). The van der Waals surface area contributed by atoms with Crippen LogP contribution in [-0.4, -0.2) is 43.1 Å². The van der Waals surface area contributed by atoms with E-state index in [4.69, 9.17) is 5.11 Å². The lowest BCUT2D eigenvalue weighted by Crippen LogP contribution is -2.28. The summed E-state index contributed by atoms with van der Waals surface area (Å²) in [6.45, 7) is 1.46. The average molecular weight is 277 g/mol. The third kappa shape index (κ3) is 3.94. The zero-order valence-electron chi connectivity index (χ0n) is 10.8. The van der Waals surface area contributed by atoms with Gasteiger partial charge in [-0.3, -0.25) is 14.2 Å². The second-order valence-electron chi connectivity index (χ2n) is 4.17. The number of rotatable bonds is 7. The molecule has 0 aliphatic rings.